The van der Waals surface area contributed by atoms with E-state index in [1.165, 1.54) is 0 Å². The zero-order valence-corrected chi connectivity index (χ0v) is 15.6. The molecule has 142 valence electrons. The summed E-state index contributed by atoms with van der Waals surface area (Å²) in [5, 5.41) is 0. The Balaban J connectivity index is 1.55. The maximum absolute atomic E-state index is 12.7. The van der Waals surface area contributed by atoms with Crippen LogP contribution < -0.4 is 4.90 Å². The number of hydrogen-bond acceptors (Lipinski definition) is 6. The van der Waals surface area contributed by atoms with Crippen molar-refractivity contribution in [3.05, 3.63) is 23.9 Å². The van der Waals surface area contributed by atoms with Crippen LogP contribution in [0.2, 0.25) is 0 Å². The van der Waals surface area contributed by atoms with Crippen LogP contribution in [-0.2, 0) is 4.74 Å². The van der Waals surface area contributed by atoms with Crippen LogP contribution in [0.5, 0.6) is 0 Å². The predicted octanol–water partition coefficient (Wildman–Crippen LogP) is 0.748. The Morgan fingerprint density at radius 3 is 2.23 bits per heavy atom. The normalized spacial score (nSPS) is 18.8. The van der Waals surface area contributed by atoms with Gasteiger partial charge in [0.1, 0.15) is 5.82 Å². The first-order valence-corrected chi connectivity index (χ1v) is 9.19. The number of aromatic nitrogens is 1. The lowest BCUT2D eigenvalue weighted by Gasteiger charge is -2.34. The monoisotopic (exact) mass is 361 g/mol. The highest BCUT2D eigenvalue weighted by Crippen LogP contribution is 2.15. The zero-order valence-electron chi connectivity index (χ0n) is 15.6. The number of carbonyl (C=O) groups is 2. The molecule has 0 N–H and O–H groups in total. The van der Waals surface area contributed by atoms with E-state index in [0.717, 1.165) is 32.0 Å². The minimum Gasteiger partial charge on any atom is -0.450 e. The van der Waals surface area contributed by atoms with Crippen molar-refractivity contribution in [2.75, 3.05) is 70.9 Å². The molecule has 8 nitrogen and oxygen atoms in total. The van der Waals surface area contributed by atoms with Crippen molar-refractivity contribution in [1.29, 1.82) is 0 Å². The molecule has 0 aromatic carbocycles. The average Bonchev–Trinajstić information content (AvgIpc) is 2.68. The minimum atomic E-state index is -0.308. The van der Waals surface area contributed by atoms with E-state index in [1.54, 1.807) is 22.9 Å². The zero-order chi connectivity index (χ0) is 18.5. The maximum atomic E-state index is 12.7. The van der Waals surface area contributed by atoms with E-state index in [9.17, 15) is 9.59 Å². The first kappa shape index (κ1) is 18.4. The fourth-order valence-corrected chi connectivity index (χ4v) is 3.22. The number of hydrogen-bond donors (Lipinski definition) is 0. The number of anilines is 1. The second kappa shape index (κ2) is 8.35. The van der Waals surface area contributed by atoms with Crippen LogP contribution in [0.1, 0.15) is 17.3 Å². The molecule has 3 heterocycles. The Labute approximate surface area is 154 Å². The lowest BCUT2D eigenvalue weighted by Crippen LogP contribution is -2.50. The summed E-state index contributed by atoms with van der Waals surface area (Å²) in [4.78, 5) is 36.8. The molecule has 1 aromatic heterocycles. The summed E-state index contributed by atoms with van der Waals surface area (Å²) in [6.45, 7) is 8.11. The molecule has 8 heteroatoms. The van der Waals surface area contributed by atoms with Gasteiger partial charge in [0.25, 0.3) is 5.91 Å². The van der Waals surface area contributed by atoms with Crippen molar-refractivity contribution in [3.63, 3.8) is 0 Å². The third kappa shape index (κ3) is 4.24. The molecule has 0 bridgehead atoms. The molecule has 2 aliphatic heterocycles. The first-order chi connectivity index (χ1) is 12.6. The van der Waals surface area contributed by atoms with Gasteiger partial charge in [-0.15, -0.1) is 0 Å². The van der Waals surface area contributed by atoms with Crippen molar-refractivity contribution < 1.29 is 14.3 Å². The summed E-state index contributed by atoms with van der Waals surface area (Å²) in [5.41, 5.74) is 0.590. The molecule has 0 saturated carbocycles. The van der Waals surface area contributed by atoms with Gasteiger partial charge in [-0.25, -0.2) is 9.78 Å². The molecule has 0 radical (unpaired) electrons. The van der Waals surface area contributed by atoms with E-state index in [1.807, 2.05) is 12.1 Å². The summed E-state index contributed by atoms with van der Waals surface area (Å²) < 4.78 is 5.01. The molecule has 2 aliphatic rings. The SMILES string of the molecule is CCOC(=O)N1CCN(C(=O)c2ccc(N3CCN(C)CC3)nc2)CC1. The standard InChI is InChI=1S/C18H27N5O3/c1-3-26-18(25)23-12-10-22(11-13-23)17(24)15-4-5-16(19-14-15)21-8-6-20(2)7-9-21/h4-5,14H,3,6-13H2,1-2H3. The predicted molar refractivity (Wildman–Crippen MR) is 98.4 cm³/mol. The molecule has 2 amide bonds. The van der Waals surface area contributed by atoms with Gasteiger partial charge in [0, 0.05) is 58.6 Å². The number of carbonyl (C=O) groups excluding carboxylic acids is 2. The Bertz CT molecular complexity index is 620. The topological polar surface area (TPSA) is 69.2 Å². The van der Waals surface area contributed by atoms with Crippen molar-refractivity contribution in [1.82, 2.24) is 19.7 Å². The van der Waals surface area contributed by atoms with Crippen LogP contribution in [0.15, 0.2) is 18.3 Å². The van der Waals surface area contributed by atoms with Gasteiger partial charge < -0.3 is 24.3 Å². The van der Waals surface area contributed by atoms with Crippen molar-refractivity contribution in [2.45, 2.75) is 6.92 Å². The molecular weight excluding hydrogens is 334 g/mol. The average molecular weight is 361 g/mol. The van der Waals surface area contributed by atoms with E-state index in [4.69, 9.17) is 4.74 Å². The van der Waals surface area contributed by atoms with Crippen molar-refractivity contribution >= 4 is 17.8 Å². The van der Waals surface area contributed by atoms with Crippen LogP contribution in [0, 0.1) is 0 Å². The van der Waals surface area contributed by atoms with E-state index in [2.05, 4.69) is 21.8 Å². The van der Waals surface area contributed by atoms with Crippen molar-refractivity contribution in [3.8, 4) is 0 Å². The number of piperazine rings is 2. The largest absolute Gasteiger partial charge is 0.450 e. The number of amides is 2. The highest BCUT2D eigenvalue weighted by molar-refractivity contribution is 5.94. The molecule has 0 spiro atoms. The smallest absolute Gasteiger partial charge is 0.409 e. The summed E-state index contributed by atoms with van der Waals surface area (Å²) in [5.74, 6) is 0.882. The number of likely N-dealkylation sites (N-methyl/N-ethyl adjacent to an activating group) is 1. The second-order valence-corrected chi connectivity index (χ2v) is 6.67. The highest BCUT2D eigenvalue weighted by atomic mass is 16.6. The lowest BCUT2D eigenvalue weighted by atomic mass is 10.2. The first-order valence-electron chi connectivity index (χ1n) is 9.19. The van der Waals surface area contributed by atoms with Gasteiger partial charge in [-0.1, -0.05) is 0 Å². The molecule has 1 aromatic rings. The van der Waals surface area contributed by atoms with Crippen LogP contribution >= 0.6 is 0 Å². The molecule has 3 rings (SSSR count). The Morgan fingerprint density at radius 2 is 1.65 bits per heavy atom. The van der Waals surface area contributed by atoms with Gasteiger partial charge in [-0.3, -0.25) is 4.79 Å². The van der Waals surface area contributed by atoms with Gasteiger partial charge in [-0.05, 0) is 26.1 Å². The number of rotatable bonds is 3. The van der Waals surface area contributed by atoms with E-state index < -0.39 is 0 Å². The van der Waals surface area contributed by atoms with Gasteiger partial charge in [0.05, 0.1) is 12.2 Å². The molecule has 0 aliphatic carbocycles. The van der Waals surface area contributed by atoms with Gasteiger partial charge in [0.2, 0.25) is 0 Å². The minimum absolute atomic E-state index is 0.0362. The van der Waals surface area contributed by atoms with Crippen LogP contribution in [-0.4, -0.2) is 97.7 Å². The Morgan fingerprint density at radius 1 is 1.00 bits per heavy atom. The number of pyridine rings is 1. The number of ether oxygens (including phenoxy) is 1. The van der Waals surface area contributed by atoms with Crippen LogP contribution in [0.3, 0.4) is 0 Å². The molecule has 0 unspecified atom stereocenters. The molecular formula is C18H27N5O3. The van der Waals surface area contributed by atoms with Gasteiger partial charge in [0.15, 0.2) is 0 Å². The van der Waals surface area contributed by atoms with E-state index in [-0.39, 0.29) is 12.0 Å². The Kier molecular flexibility index (Phi) is 5.92. The van der Waals surface area contributed by atoms with Gasteiger partial charge >= 0.3 is 6.09 Å². The summed E-state index contributed by atoms with van der Waals surface area (Å²) >= 11 is 0. The van der Waals surface area contributed by atoms with E-state index in [0.29, 0.717) is 38.3 Å². The molecule has 2 fully saturated rings. The molecule has 2 saturated heterocycles. The summed E-state index contributed by atoms with van der Waals surface area (Å²) in [6.07, 6.45) is 1.35. The van der Waals surface area contributed by atoms with Gasteiger partial charge in [-0.2, -0.15) is 0 Å². The highest BCUT2D eigenvalue weighted by Gasteiger charge is 2.26. The lowest BCUT2D eigenvalue weighted by molar-refractivity contribution is 0.0570. The fourth-order valence-electron chi connectivity index (χ4n) is 3.22. The second-order valence-electron chi connectivity index (χ2n) is 6.67. The van der Waals surface area contributed by atoms with E-state index >= 15 is 0 Å². The van der Waals surface area contributed by atoms with Crippen LogP contribution in [0.25, 0.3) is 0 Å². The maximum Gasteiger partial charge on any atom is 0.409 e. The quantitative estimate of drug-likeness (QED) is 0.791. The summed E-state index contributed by atoms with van der Waals surface area (Å²) in [6, 6.07) is 3.77. The van der Waals surface area contributed by atoms with Crippen LogP contribution in [0.4, 0.5) is 10.6 Å². The third-order valence-corrected chi connectivity index (χ3v) is 4.91. The molecule has 26 heavy (non-hydrogen) atoms. The Hall–Kier alpha value is -2.35. The summed E-state index contributed by atoms with van der Waals surface area (Å²) in [7, 11) is 2.12. The fraction of sp³-hybridized carbons (Fsp3) is 0.611. The third-order valence-electron chi connectivity index (χ3n) is 4.91. The molecule has 0 atom stereocenters. The number of nitrogens with zero attached hydrogens (tertiary/aromatic N) is 5. The van der Waals surface area contributed by atoms with Crippen molar-refractivity contribution in [2.24, 2.45) is 0 Å².